The number of hydrogen-bond donors (Lipinski definition) is 2. The maximum Gasteiger partial charge on any atom is 0.339 e. The monoisotopic (exact) mass is 546 g/mol. The van der Waals surface area contributed by atoms with Crippen LogP contribution in [0.4, 0.5) is 0 Å². The summed E-state index contributed by atoms with van der Waals surface area (Å²) in [7, 11) is 0. The number of benzene rings is 3. The van der Waals surface area contributed by atoms with Crippen LogP contribution in [0.15, 0.2) is 42.5 Å². The lowest BCUT2D eigenvalue weighted by Crippen LogP contribution is -1.97. The molecule has 3 rings (SSSR count). The number of hydrogen-bond acceptors (Lipinski definition) is 3. The summed E-state index contributed by atoms with van der Waals surface area (Å²) in [5.41, 5.74) is 0.926. The molecule has 0 radical (unpaired) electrons. The lowest BCUT2D eigenvalue weighted by Gasteiger charge is -2.12. The van der Waals surface area contributed by atoms with Crippen LogP contribution in [-0.2, 0) is 0 Å². The number of carbonyl (C=O) groups is 1. The molecule has 24 heavy (non-hydrogen) atoms. The summed E-state index contributed by atoms with van der Waals surface area (Å²) in [6, 6.07) is 12.3. The first-order chi connectivity index (χ1) is 11.3. The van der Waals surface area contributed by atoms with Crippen molar-refractivity contribution in [2.45, 2.75) is 6.92 Å². The summed E-state index contributed by atoms with van der Waals surface area (Å²) in [5, 5.41) is 20.4. The van der Waals surface area contributed by atoms with Gasteiger partial charge in [-0.2, -0.15) is 0 Å². The minimum Gasteiger partial charge on any atom is -0.507 e. The van der Waals surface area contributed by atoms with Crippen LogP contribution in [-0.4, -0.2) is 16.2 Å². The fourth-order valence-corrected chi connectivity index (χ4v) is 4.68. The van der Waals surface area contributed by atoms with Crippen LogP contribution in [0.5, 0.6) is 17.2 Å². The zero-order valence-corrected chi connectivity index (χ0v) is 16.8. The summed E-state index contributed by atoms with van der Waals surface area (Å²) in [6.45, 7) is 1.99. The first-order valence-corrected chi connectivity index (χ1v) is 9.14. The summed E-state index contributed by atoms with van der Waals surface area (Å²) in [5.74, 6) is 0.0138. The standard InChI is InChI=1S/C18H12I2O4/c1-9-4-12(19)8-15(20)17(9)24-13-3-2-10-6-14(18(22)23)16(21)7-11(10)5-13/h2-8,21H,1H3,(H,22,23). The predicted octanol–water partition coefficient (Wildman–Crippen LogP) is 5.55. The number of aryl methyl sites for hydroxylation is 1. The molecule has 0 aliphatic heterocycles. The Hall–Kier alpha value is -1.55. The Bertz CT molecular complexity index is 944. The Morgan fingerprint density at radius 3 is 2.46 bits per heavy atom. The number of rotatable bonds is 3. The van der Waals surface area contributed by atoms with E-state index in [-0.39, 0.29) is 11.3 Å². The van der Waals surface area contributed by atoms with Crippen molar-refractivity contribution in [3.63, 3.8) is 0 Å². The Kier molecular flexibility index (Phi) is 4.86. The van der Waals surface area contributed by atoms with E-state index in [1.807, 2.05) is 19.1 Å². The molecule has 4 nitrogen and oxygen atoms in total. The topological polar surface area (TPSA) is 66.8 Å². The van der Waals surface area contributed by atoms with E-state index in [2.05, 4.69) is 45.2 Å². The molecule has 122 valence electrons. The van der Waals surface area contributed by atoms with Gasteiger partial charge in [-0.15, -0.1) is 0 Å². The number of halogens is 2. The van der Waals surface area contributed by atoms with Gasteiger partial charge in [0.1, 0.15) is 22.8 Å². The van der Waals surface area contributed by atoms with Crippen molar-refractivity contribution in [2.75, 3.05) is 0 Å². The normalized spacial score (nSPS) is 10.8. The molecule has 3 aromatic rings. The Balaban J connectivity index is 2.03. The van der Waals surface area contributed by atoms with Crippen molar-refractivity contribution in [3.05, 3.63) is 60.7 Å². The highest BCUT2D eigenvalue weighted by atomic mass is 127. The maximum atomic E-state index is 11.1. The van der Waals surface area contributed by atoms with Gasteiger partial charge in [-0.25, -0.2) is 4.79 Å². The zero-order chi connectivity index (χ0) is 17.4. The first kappa shape index (κ1) is 17.3. The van der Waals surface area contributed by atoms with Gasteiger partial charge in [0.2, 0.25) is 0 Å². The lowest BCUT2D eigenvalue weighted by atomic mass is 10.1. The van der Waals surface area contributed by atoms with Crippen LogP contribution in [0.3, 0.4) is 0 Å². The molecule has 2 N–H and O–H groups in total. The Morgan fingerprint density at radius 1 is 1.04 bits per heavy atom. The molecule has 0 saturated heterocycles. The molecule has 0 aliphatic rings. The number of phenols is 1. The minimum absolute atomic E-state index is 0.112. The molecule has 6 heteroatoms. The highest BCUT2D eigenvalue weighted by molar-refractivity contribution is 14.1. The minimum atomic E-state index is -1.15. The predicted molar refractivity (Wildman–Crippen MR) is 109 cm³/mol. The first-order valence-electron chi connectivity index (χ1n) is 6.98. The van der Waals surface area contributed by atoms with E-state index in [4.69, 9.17) is 9.84 Å². The van der Waals surface area contributed by atoms with Crippen molar-refractivity contribution in [2.24, 2.45) is 0 Å². The van der Waals surface area contributed by atoms with Crippen LogP contribution in [0.2, 0.25) is 0 Å². The van der Waals surface area contributed by atoms with Gasteiger partial charge >= 0.3 is 5.97 Å². The largest absolute Gasteiger partial charge is 0.507 e. The average Bonchev–Trinajstić information content (AvgIpc) is 2.49. The summed E-state index contributed by atoms with van der Waals surface area (Å²) >= 11 is 4.50. The van der Waals surface area contributed by atoms with Crippen molar-refractivity contribution in [3.8, 4) is 17.2 Å². The van der Waals surface area contributed by atoms with E-state index >= 15 is 0 Å². The summed E-state index contributed by atoms with van der Waals surface area (Å²) < 4.78 is 8.17. The molecule has 0 spiro atoms. The van der Waals surface area contributed by atoms with Gasteiger partial charge in [0.05, 0.1) is 3.57 Å². The van der Waals surface area contributed by atoms with Crippen LogP contribution in [0.1, 0.15) is 15.9 Å². The third-order valence-electron chi connectivity index (χ3n) is 3.57. The number of ether oxygens (including phenoxy) is 1. The molecule has 0 amide bonds. The van der Waals surface area contributed by atoms with Gasteiger partial charge in [0, 0.05) is 3.57 Å². The fraction of sp³-hybridized carbons (Fsp3) is 0.0556. The Labute approximate surface area is 165 Å². The van der Waals surface area contributed by atoms with E-state index in [9.17, 15) is 9.90 Å². The molecular formula is C18H12I2O4. The molecule has 3 aromatic carbocycles. The van der Waals surface area contributed by atoms with Crippen molar-refractivity contribution < 1.29 is 19.7 Å². The average molecular weight is 546 g/mol. The van der Waals surface area contributed by atoms with E-state index < -0.39 is 5.97 Å². The van der Waals surface area contributed by atoms with Crippen LogP contribution >= 0.6 is 45.2 Å². The van der Waals surface area contributed by atoms with Crippen LogP contribution < -0.4 is 4.74 Å². The second-order valence-electron chi connectivity index (χ2n) is 5.32. The zero-order valence-electron chi connectivity index (χ0n) is 12.5. The number of carboxylic acids is 1. The van der Waals surface area contributed by atoms with Gasteiger partial charge in [0.25, 0.3) is 0 Å². The van der Waals surface area contributed by atoms with Gasteiger partial charge in [0.15, 0.2) is 0 Å². The number of aromatic carboxylic acids is 1. The number of carboxylic acid groups (broad SMARTS) is 1. The molecule has 0 saturated carbocycles. The maximum absolute atomic E-state index is 11.1. The van der Waals surface area contributed by atoms with Crippen molar-refractivity contribution in [1.29, 1.82) is 0 Å². The molecular weight excluding hydrogens is 534 g/mol. The molecule has 0 atom stereocenters. The van der Waals surface area contributed by atoms with Gasteiger partial charge in [-0.3, -0.25) is 0 Å². The SMILES string of the molecule is Cc1cc(I)cc(I)c1Oc1ccc2cc(C(=O)O)c(O)cc2c1. The quantitative estimate of drug-likeness (QED) is 0.423. The molecule has 0 bridgehead atoms. The molecule has 0 heterocycles. The van der Waals surface area contributed by atoms with Gasteiger partial charge in [-0.05, 0) is 105 Å². The summed E-state index contributed by atoms with van der Waals surface area (Å²) in [4.78, 5) is 11.1. The molecule has 0 unspecified atom stereocenters. The fourth-order valence-electron chi connectivity index (χ4n) is 2.43. The highest BCUT2D eigenvalue weighted by Gasteiger charge is 2.12. The van der Waals surface area contributed by atoms with E-state index in [1.165, 1.54) is 12.1 Å². The molecule has 0 aliphatic carbocycles. The Morgan fingerprint density at radius 2 is 1.79 bits per heavy atom. The lowest BCUT2D eigenvalue weighted by molar-refractivity contribution is 0.0694. The number of fused-ring (bicyclic) bond motifs is 1. The highest BCUT2D eigenvalue weighted by Crippen LogP contribution is 2.34. The molecule has 0 fully saturated rings. The van der Waals surface area contributed by atoms with E-state index in [1.54, 1.807) is 18.2 Å². The number of aromatic hydroxyl groups is 1. The van der Waals surface area contributed by atoms with Gasteiger partial charge in [-0.1, -0.05) is 6.07 Å². The van der Waals surface area contributed by atoms with Crippen molar-refractivity contribution >= 4 is 61.9 Å². The van der Waals surface area contributed by atoms with Crippen molar-refractivity contribution in [1.82, 2.24) is 0 Å². The molecule has 0 aromatic heterocycles. The van der Waals surface area contributed by atoms with Gasteiger partial charge < -0.3 is 14.9 Å². The summed E-state index contributed by atoms with van der Waals surface area (Å²) in [6.07, 6.45) is 0. The second kappa shape index (κ2) is 6.75. The third-order valence-corrected chi connectivity index (χ3v) is 4.99. The second-order valence-corrected chi connectivity index (χ2v) is 7.73. The van der Waals surface area contributed by atoms with E-state index in [0.717, 1.165) is 23.8 Å². The van der Waals surface area contributed by atoms with Crippen LogP contribution in [0.25, 0.3) is 10.8 Å². The van der Waals surface area contributed by atoms with E-state index in [0.29, 0.717) is 11.1 Å². The third kappa shape index (κ3) is 3.44. The van der Waals surface area contributed by atoms with Crippen LogP contribution in [0, 0.1) is 14.1 Å². The smallest absolute Gasteiger partial charge is 0.339 e.